The smallest absolute Gasteiger partial charge is 0.246 e. The van der Waals surface area contributed by atoms with Gasteiger partial charge in [-0.05, 0) is 44.2 Å². The highest BCUT2D eigenvalue weighted by Crippen LogP contribution is 2.26. The third-order valence-electron chi connectivity index (χ3n) is 3.79. The second-order valence-electron chi connectivity index (χ2n) is 6.21. The van der Waals surface area contributed by atoms with Crippen molar-refractivity contribution < 1.29 is 18.7 Å². The maximum atomic E-state index is 13.2. The summed E-state index contributed by atoms with van der Waals surface area (Å²) in [4.78, 5) is 16.3. The fraction of sp³-hybridized carbons (Fsp3) is 0.333. The monoisotopic (exact) mass is 530 g/mol. The van der Waals surface area contributed by atoms with Crippen molar-refractivity contribution in [3.63, 3.8) is 0 Å². The number of hydrogen-bond donors (Lipinski definition) is 3. The molecule has 0 radical (unpaired) electrons. The number of benzene rings is 2. The van der Waals surface area contributed by atoms with Crippen LogP contribution in [0.5, 0.6) is 11.5 Å². The molecule has 0 saturated carbocycles. The van der Waals surface area contributed by atoms with E-state index in [9.17, 15) is 9.18 Å². The number of methoxy groups -OCH3 is 1. The Bertz CT molecular complexity index is 835. The lowest BCUT2D eigenvalue weighted by Crippen LogP contribution is -2.42. The molecular weight excluding hydrogens is 502 g/mol. The highest BCUT2D eigenvalue weighted by atomic mass is 127. The normalized spacial score (nSPS) is 11.7. The Morgan fingerprint density at radius 3 is 2.53 bits per heavy atom. The molecule has 2 rings (SSSR count). The van der Waals surface area contributed by atoms with Gasteiger partial charge in [0, 0.05) is 12.2 Å². The molecular formula is C21H28FIN4O3. The average molecular weight is 530 g/mol. The molecule has 0 aliphatic heterocycles. The molecule has 164 valence electrons. The van der Waals surface area contributed by atoms with E-state index >= 15 is 0 Å². The number of aliphatic imine (C=N–C) groups is 1. The van der Waals surface area contributed by atoms with Gasteiger partial charge in [0.25, 0.3) is 0 Å². The van der Waals surface area contributed by atoms with Crippen molar-refractivity contribution in [2.45, 2.75) is 20.0 Å². The number of anilines is 1. The Morgan fingerprint density at radius 2 is 1.87 bits per heavy atom. The zero-order valence-corrected chi connectivity index (χ0v) is 19.6. The summed E-state index contributed by atoms with van der Waals surface area (Å²) in [7, 11) is 1.59. The molecule has 2 aromatic rings. The van der Waals surface area contributed by atoms with Crippen LogP contribution in [0.3, 0.4) is 0 Å². The van der Waals surface area contributed by atoms with Crippen molar-refractivity contribution in [2.24, 2.45) is 4.99 Å². The van der Waals surface area contributed by atoms with Gasteiger partial charge in [0.2, 0.25) is 5.91 Å². The minimum Gasteiger partial charge on any atom is -0.493 e. The number of para-hydroxylation sites is 2. The van der Waals surface area contributed by atoms with Crippen LogP contribution < -0.4 is 25.4 Å². The van der Waals surface area contributed by atoms with Gasteiger partial charge in [-0.1, -0.05) is 18.2 Å². The molecule has 1 unspecified atom stereocenters. The first kappa shape index (κ1) is 25.5. The fourth-order valence-corrected chi connectivity index (χ4v) is 2.47. The summed E-state index contributed by atoms with van der Waals surface area (Å²) in [6.45, 7) is 4.85. The number of rotatable bonds is 9. The molecule has 1 atom stereocenters. The Balaban J connectivity index is 0.00000450. The van der Waals surface area contributed by atoms with Crippen molar-refractivity contribution >= 4 is 41.5 Å². The highest BCUT2D eigenvalue weighted by molar-refractivity contribution is 14.0. The van der Waals surface area contributed by atoms with Crippen LogP contribution in [0.1, 0.15) is 13.8 Å². The van der Waals surface area contributed by atoms with Gasteiger partial charge in [0.15, 0.2) is 17.5 Å². The summed E-state index contributed by atoms with van der Waals surface area (Å²) < 4.78 is 24.4. The van der Waals surface area contributed by atoms with Crippen molar-refractivity contribution in [3.8, 4) is 11.5 Å². The lowest BCUT2D eigenvalue weighted by Gasteiger charge is -2.19. The largest absolute Gasteiger partial charge is 0.493 e. The number of amides is 1. The molecule has 3 N–H and O–H groups in total. The highest BCUT2D eigenvalue weighted by Gasteiger charge is 2.10. The first-order valence-corrected chi connectivity index (χ1v) is 9.39. The lowest BCUT2D eigenvalue weighted by atomic mass is 10.3. The van der Waals surface area contributed by atoms with E-state index in [2.05, 4.69) is 20.9 Å². The number of halogens is 2. The molecule has 2 aromatic carbocycles. The first-order valence-electron chi connectivity index (χ1n) is 9.39. The summed E-state index contributed by atoms with van der Waals surface area (Å²) in [6.07, 6.45) is -0.170. The minimum absolute atomic E-state index is 0. The van der Waals surface area contributed by atoms with Gasteiger partial charge in [-0.3, -0.25) is 4.79 Å². The SMILES string of the molecule is CCNC(=NCC(=O)Nc1cccc(F)c1)NCC(C)Oc1ccccc1OC.I. The molecule has 0 bridgehead atoms. The number of carbonyl (C=O) groups is 1. The summed E-state index contributed by atoms with van der Waals surface area (Å²) in [6, 6.07) is 13.1. The zero-order chi connectivity index (χ0) is 21.1. The topological polar surface area (TPSA) is 84.0 Å². The quantitative estimate of drug-likeness (QED) is 0.263. The van der Waals surface area contributed by atoms with Crippen LogP contribution >= 0.6 is 24.0 Å². The standard InChI is InChI=1S/C21H27FN4O3.HI/c1-4-23-21(25-14-20(27)26-17-9-7-8-16(22)12-17)24-13-15(2)29-19-11-6-5-10-18(19)28-3;/h5-12,15H,4,13-14H2,1-3H3,(H,26,27)(H2,23,24,25);1H. The number of nitrogens with zero attached hydrogens (tertiary/aromatic N) is 1. The van der Waals surface area contributed by atoms with Crippen LogP contribution in [-0.2, 0) is 4.79 Å². The molecule has 0 spiro atoms. The van der Waals surface area contributed by atoms with Crippen LogP contribution in [0.15, 0.2) is 53.5 Å². The molecule has 30 heavy (non-hydrogen) atoms. The molecule has 0 saturated heterocycles. The maximum Gasteiger partial charge on any atom is 0.246 e. The number of hydrogen-bond acceptors (Lipinski definition) is 4. The fourth-order valence-electron chi connectivity index (χ4n) is 2.47. The Hall–Kier alpha value is -2.56. The van der Waals surface area contributed by atoms with Crippen molar-refractivity contribution in [1.29, 1.82) is 0 Å². The number of ether oxygens (including phenoxy) is 2. The van der Waals surface area contributed by atoms with Gasteiger partial charge in [0.1, 0.15) is 18.5 Å². The molecule has 7 nitrogen and oxygen atoms in total. The van der Waals surface area contributed by atoms with Gasteiger partial charge in [0.05, 0.1) is 13.7 Å². The van der Waals surface area contributed by atoms with Crippen LogP contribution in [0.25, 0.3) is 0 Å². The van der Waals surface area contributed by atoms with E-state index in [-0.39, 0.29) is 42.5 Å². The van der Waals surface area contributed by atoms with E-state index in [1.807, 2.05) is 38.1 Å². The van der Waals surface area contributed by atoms with Crippen LogP contribution in [0.2, 0.25) is 0 Å². The van der Waals surface area contributed by atoms with E-state index in [0.29, 0.717) is 36.2 Å². The molecule has 0 aliphatic rings. The van der Waals surface area contributed by atoms with E-state index in [1.165, 1.54) is 18.2 Å². The Morgan fingerprint density at radius 1 is 1.13 bits per heavy atom. The van der Waals surface area contributed by atoms with Gasteiger partial charge in [-0.2, -0.15) is 0 Å². The van der Waals surface area contributed by atoms with Gasteiger partial charge >= 0.3 is 0 Å². The third-order valence-corrected chi connectivity index (χ3v) is 3.79. The molecule has 0 aromatic heterocycles. The lowest BCUT2D eigenvalue weighted by molar-refractivity contribution is -0.114. The second-order valence-corrected chi connectivity index (χ2v) is 6.21. The zero-order valence-electron chi connectivity index (χ0n) is 17.3. The van der Waals surface area contributed by atoms with Gasteiger partial charge < -0.3 is 25.4 Å². The van der Waals surface area contributed by atoms with Gasteiger partial charge in [-0.15, -0.1) is 24.0 Å². The van der Waals surface area contributed by atoms with Crippen molar-refractivity contribution in [1.82, 2.24) is 10.6 Å². The molecule has 0 fully saturated rings. The van der Waals surface area contributed by atoms with E-state index in [1.54, 1.807) is 13.2 Å². The average Bonchev–Trinajstić information content (AvgIpc) is 2.70. The van der Waals surface area contributed by atoms with E-state index in [4.69, 9.17) is 9.47 Å². The first-order chi connectivity index (χ1) is 14.0. The van der Waals surface area contributed by atoms with E-state index in [0.717, 1.165) is 0 Å². The summed E-state index contributed by atoms with van der Waals surface area (Å²) in [5, 5.41) is 8.82. The Labute approximate surface area is 193 Å². The van der Waals surface area contributed by atoms with Gasteiger partial charge in [-0.25, -0.2) is 9.38 Å². The molecule has 9 heteroatoms. The third kappa shape index (κ3) is 8.85. The number of nitrogens with one attached hydrogen (secondary N) is 3. The summed E-state index contributed by atoms with van der Waals surface area (Å²) in [5.41, 5.74) is 0.391. The molecule has 1 amide bonds. The predicted molar refractivity (Wildman–Crippen MR) is 128 cm³/mol. The van der Waals surface area contributed by atoms with Crippen molar-refractivity contribution in [3.05, 3.63) is 54.3 Å². The minimum atomic E-state index is -0.412. The van der Waals surface area contributed by atoms with Crippen LogP contribution in [0, 0.1) is 5.82 Å². The molecule has 0 aliphatic carbocycles. The van der Waals surface area contributed by atoms with E-state index < -0.39 is 5.82 Å². The summed E-state index contributed by atoms with van der Waals surface area (Å²) >= 11 is 0. The summed E-state index contributed by atoms with van der Waals surface area (Å²) in [5.74, 6) is 1.04. The van der Waals surface area contributed by atoms with Crippen LogP contribution in [-0.4, -0.2) is 44.7 Å². The maximum absolute atomic E-state index is 13.2. The number of carbonyl (C=O) groups excluding carboxylic acids is 1. The van der Waals surface area contributed by atoms with Crippen molar-refractivity contribution in [2.75, 3.05) is 32.1 Å². The Kier molecular flexibility index (Phi) is 11.6. The van der Waals surface area contributed by atoms with Crippen LogP contribution in [0.4, 0.5) is 10.1 Å². The second kappa shape index (κ2) is 13.6. The number of guanidine groups is 1. The predicted octanol–water partition coefficient (Wildman–Crippen LogP) is 3.41. The molecule has 0 heterocycles.